The van der Waals surface area contributed by atoms with E-state index >= 15 is 0 Å². The summed E-state index contributed by atoms with van der Waals surface area (Å²) in [5, 5.41) is 50.2. The maximum absolute atomic E-state index is 12.8. The van der Waals surface area contributed by atoms with Gasteiger partial charge in [-0.25, -0.2) is 4.57 Å². The van der Waals surface area contributed by atoms with Crippen LogP contribution in [0.4, 0.5) is 0 Å². The number of ether oxygens (including phenoxy) is 2. The van der Waals surface area contributed by atoms with Crippen LogP contribution in [0, 0.1) is 0 Å². The van der Waals surface area contributed by atoms with Crippen molar-refractivity contribution in [1.82, 2.24) is 0 Å². The Morgan fingerprint density at radius 3 is 1.28 bits per heavy atom. The number of phosphoric ester groups is 1. The first kappa shape index (κ1) is 56.6. The Balaban J connectivity index is 2.43. The lowest BCUT2D eigenvalue weighted by Gasteiger charge is -2.41. The number of allylic oxidation sites excluding steroid dienone is 2. The maximum atomic E-state index is 12.8. The molecule has 0 aromatic carbocycles. The Kier molecular flexibility index (Phi) is 34.9. The fourth-order valence-electron chi connectivity index (χ4n) is 7.46. The highest BCUT2D eigenvalue weighted by Gasteiger charge is 2.51. The Bertz CT molecular complexity index is 1110. The molecule has 0 aromatic rings. The van der Waals surface area contributed by atoms with Gasteiger partial charge in [-0.15, -0.1) is 0 Å². The van der Waals surface area contributed by atoms with Crippen molar-refractivity contribution in [3.63, 3.8) is 0 Å². The van der Waals surface area contributed by atoms with Crippen LogP contribution in [0.3, 0.4) is 0 Å². The zero-order valence-electron chi connectivity index (χ0n) is 37.5. The van der Waals surface area contributed by atoms with E-state index in [2.05, 4.69) is 26.0 Å². The van der Waals surface area contributed by atoms with E-state index in [9.17, 15) is 44.6 Å². The van der Waals surface area contributed by atoms with E-state index in [4.69, 9.17) is 18.5 Å². The topological polar surface area (TPSA) is 210 Å². The normalized spacial score (nSPS) is 22.2. The Hall–Kier alpha value is -1.41. The molecule has 0 aliphatic heterocycles. The van der Waals surface area contributed by atoms with Gasteiger partial charge in [-0.05, 0) is 38.5 Å². The average Bonchev–Trinajstić information content (AvgIpc) is 3.23. The Morgan fingerprint density at radius 1 is 0.500 bits per heavy atom. The third-order valence-electron chi connectivity index (χ3n) is 11.4. The number of carbonyl (C=O) groups excluding carboxylic acids is 2. The van der Waals surface area contributed by atoms with Crippen molar-refractivity contribution in [2.75, 3.05) is 13.2 Å². The number of carbonyl (C=O) groups is 2. The number of unbranched alkanes of at least 4 members (excludes halogenated alkanes) is 26. The van der Waals surface area contributed by atoms with Crippen LogP contribution in [-0.2, 0) is 32.7 Å². The minimum absolute atomic E-state index is 0.0987. The molecule has 60 heavy (non-hydrogen) atoms. The largest absolute Gasteiger partial charge is 0.472 e. The Labute approximate surface area is 363 Å². The van der Waals surface area contributed by atoms with Gasteiger partial charge in [0.1, 0.15) is 43.2 Å². The van der Waals surface area contributed by atoms with Gasteiger partial charge in [-0.1, -0.05) is 174 Å². The first-order valence-corrected chi connectivity index (χ1v) is 25.5. The smallest absolute Gasteiger partial charge is 0.462 e. The number of hydrogen-bond donors (Lipinski definition) is 6. The molecule has 13 nitrogen and oxygen atoms in total. The molecule has 8 atom stereocenters. The zero-order chi connectivity index (χ0) is 44.3. The van der Waals surface area contributed by atoms with Crippen LogP contribution in [0.25, 0.3) is 0 Å². The number of hydrogen-bond acceptors (Lipinski definition) is 12. The third kappa shape index (κ3) is 29.0. The number of aliphatic hydroxyl groups is 5. The van der Waals surface area contributed by atoms with Crippen LogP contribution in [0.15, 0.2) is 12.2 Å². The van der Waals surface area contributed by atoms with Crippen molar-refractivity contribution < 1.29 is 63.1 Å². The molecule has 354 valence electrons. The third-order valence-corrected chi connectivity index (χ3v) is 12.3. The van der Waals surface area contributed by atoms with Crippen LogP contribution in [0.1, 0.15) is 213 Å². The van der Waals surface area contributed by atoms with Crippen LogP contribution in [0.5, 0.6) is 0 Å². The summed E-state index contributed by atoms with van der Waals surface area (Å²) in [6.07, 6.45) is 25.4. The highest BCUT2D eigenvalue weighted by Crippen LogP contribution is 2.47. The van der Waals surface area contributed by atoms with Gasteiger partial charge in [0.2, 0.25) is 0 Å². The Morgan fingerprint density at radius 2 is 0.850 bits per heavy atom. The summed E-state index contributed by atoms with van der Waals surface area (Å²) in [7, 11) is -5.11. The summed E-state index contributed by atoms with van der Waals surface area (Å²) in [6, 6.07) is 0. The average molecular weight is 879 g/mol. The molecule has 1 fully saturated rings. The van der Waals surface area contributed by atoms with Gasteiger partial charge in [0.15, 0.2) is 6.10 Å². The highest BCUT2D eigenvalue weighted by molar-refractivity contribution is 7.47. The summed E-state index contributed by atoms with van der Waals surface area (Å²) in [5.74, 6) is -1.09. The second-order valence-corrected chi connectivity index (χ2v) is 18.4. The summed E-state index contributed by atoms with van der Waals surface area (Å²) < 4.78 is 33.6. The van der Waals surface area contributed by atoms with Crippen molar-refractivity contribution in [2.45, 2.75) is 256 Å². The molecular weight excluding hydrogens is 791 g/mol. The predicted octanol–water partition coefficient (Wildman–Crippen LogP) is 9.45. The number of esters is 2. The molecule has 14 heteroatoms. The van der Waals surface area contributed by atoms with Gasteiger partial charge in [-0.2, -0.15) is 0 Å². The number of rotatable bonds is 40. The minimum Gasteiger partial charge on any atom is -0.462 e. The van der Waals surface area contributed by atoms with E-state index in [1.54, 1.807) is 0 Å². The van der Waals surface area contributed by atoms with Crippen molar-refractivity contribution in [2.24, 2.45) is 0 Å². The second kappa shape index (κ2) is 37.0. The lowest BCUT2D eigenvalue weighted by Crippen LogP contribution is -2.64. The molecule has 0 amide bonds. The van der Waals surface area contributed by atoms with E-state index in [1.165, 1.54) is 122 Å². The van der Waals surface area contributed by atoms with E-state index in [1.807, 2.05) is 0 Å². The molecule has 1 saturated carbocycles. The van der Waals surface area contributed by atoms with E-state index in [-0.39, 0.29) is 12.8 Å². The fourth-order valence-corrected chi connectivity index (χ4v) is 8.43. The fraction of sp³-hybridized carbons (Fsp3) is 0.913. The quantitative estimate of drug-likeness (QED) is 0.0147. The minimum atomic E-state index is -5.11. The molecule has 6 unspecified atom stereocenters. The number of phosphoric acid groups is 1. The van der Waals surface area contributed by atoms with Crippen LogP contribution >= 0.6 is 7.82 Å². The van der Waals surface area contributed by atoms with Crippen molar-refractivity contribution in [1.29, 1.82) is 0 Å². The summed E-state index contributed by atoms with van der Waals surface area (Å²) in [4.78, 5) is 35.7. The molecule has 0 bridgehead atoms. The SMILES string of the molecule is CCCCCC/C=C/CCCCCCCCCCCC(=O)O[C@H](COC(=O)CCCCCCCCCCCCCCCC)COP(=O)(O)OC1C(O)C(O)C(O)[C@@H](O)C1O. The first-order chi connectivity index (χ1) is 28.9. The highest BCUT2D eigenvalue weighted by atomic mass is 31.2. The van der Waals surface area contributed by atoms with Crippen LogP contribution in [-0.4, -0.2) is 98.3 Å². The number of aliphatic hydroxyl groups excluding tert-OH is 5. The van der Waals surface area contributed by atoms with Crippen LogP contribution < -0.4 is 0 Å². The van der Waals surface area contributed by atoms with E-state index in [0.717, 1.165) is 51.4 Å². The molecule has 1 rings (SSSR count). The second-order valence-electron chi connectivity index (χ2n) is 17.0. The molecule has 0 radical (unpaired) electrons. The molecule has 0 spiro atoms. The van der Waals surface area contributed by atoms with Crippen molar-refractivity contribution in [3.05, 3.63) is 12.2 Å². The summed E-state index contributed by atoms with van der Waals surface area (Å²) in [6.45, 7) is 3.30. The molecule has 1 aliphatic carbocycles. The molecular formula is C46H87O13P. The summed E-state index contributed by atoms with van der Waals surface area (Å²) in [5.41, 5.74) is 0. The van der Waals surface area contributed by atoms with E-state index in [0.29, 0.717) is 12.8 Å². The van der Waals surface area contributed by atoms with Gasteiger partial charge in [0, 0.05) is 12.8 Å². The maximum Gasteiger partial charge on any atom is 0.472 e. The van der Waals surface area contributed by atoms with Gasteiger partial charge < -0.3 is 39.9 Å². The van der Waals surface area contributed by atoms with Gasteiger partial charge in [0.05, 0.1) is 6.61 Å². The van der Waals surface area contributed by atoms with Gasteiger partial charge >= 0.3 is 19.8 Å². The van der Waals surface area contributed by atoms with Crippen molar-refractivity contribution >= 4 is 19.8 Å². The van der Waals surface area contributed by atoms with Gasteiger partial charge in [-0.3, -0.25) is 18.6 Å². The molecule has 0 heterocycles. The lowest BCUT2D eigenvalue weighted by molar-refractivity contribution is -0.220. The lowest BCUT2D eigenvalue weighted by atomic mass is 9.85. The van der Waals surface area contributed by atoms with Crippen molar-refractivity contribution in [3.8, 4) is 0 Å². The molecule has 6 N–H and O–H groups in total. The molecule has 1 aliphatic rings. The standard InChI is InChI=1S/C46H87O13P/c1-3-5-7-9-11-13-15-17-19-20-21-23-25-27-29-31-33-35-40(48)58-38(37-57-60(54,55)59-46-44(52)42(50)41(49)43(51)45(46)53)36-56-39(47)34-32-30-28-26-24-22-18-16-14-12-10-8-6-4-2/h13,15,38,41-46,49-53H,3-12,14,16-37H2,1-2H3,(H,54,55)/b15-13+/t38-,41?,42-,43?,44?,45?,46?/m1/s1. The van der Waals surface area contributed by atoms with E-state index < -0.39 is 75.7 Å². The van der Waals surface area contributed by atoms with Crippen LogP contribution in [0.2, 0.25) is 0 Å². The van der Waals surface area contributed by atoms with Gasteiger partial charge in [0.25, 0.3) is 0 Å². The monoisotopic (exact) mass is 879 g/mol. The summed E-state index contributed by atoms with van der Waals surface area (Å²) >= 11 is 0. The molecule has 0 saturated heterocycles. The predicted molar refractivity (Wildman–Crippen MR) is 235 cm³/mol. The zero-order valence-corrected chi connectivity index (χ0v) is 38.4. The first-order valence-electron chi connectivity index (χ1n) is 24.0. The molecule has 0 aromatic heterocycles.